The number of nitrogens with one attached hydrogen (secondary N) is 1. The van der Waals surface area contributed by atoms with E-state index < -0.39 is 12.0 Å². The highest BCUT2D eigenvalue weighted by Crippen LogP contribution is 2.06. The van der Waals surface area contributed by atoms with Crippen molar-refractivity contribution in [2.45, 2.75) is 25.3 Å². The molecule has 0 saturated heterocycles. The summed E-state index contributed by atoms with van der Waals surface area (Å²) >= 11 is 0. The highest BCUT2D eigenvalue weighted by molar-refractivity contribution is 5.84. The monoisotopic (exact) mass is 311 g/mol. The maximum absolute atomic E-state index is 12.1. The summed E-state index contributed by atoms with van der Waals surface area (Å²) in [5.74, 6) is -0.581. The summed E-state index contributed by atoms with van der Waals surface area (Å²) < 4.78 is 4.79. The molecule has 2 rings (SSSR count). The maximum Gasteiger partial charge on any atom is 0.328 e. The molecule has 1 atom stereocenters. The standard InChI is InChI=1S/C19H21NO3/c1-23-19(22)17(14-16-10-6-3-7-11-16)20-18(21)13-12-15-8-4-2-5-9-15/h2-11,17H,12-14H2,1H3,(H,20,21)/t17-/m1/s1. The average molecular weight is 311 g/mol. The topological polar surface area (TPSA) is 55.4 Å². The van der Waals surface area contributed by atoms with E-state index >= 15 is 0 Å². The van der Waals surface area contributed by atoms with Gasteiger partial charge in [-0.2, -0.15) is 0 Å². The zero-order valence-corrected chi connectivity index (χ0v) is 13.2. The van der Waals surface area contributed by atoms with Gasteiger partial charge in [0.05, 0.1) is 7.11 Å². The fourth-order valence-corrected chi connectivity index (χ4v) is 2.35. The zero-order valence-electron chi connectivity index (χ0n) is 13.2. The Morgan fingerprint density at radius 2 is 1.52 bits per heavy atom. The van der Waals surface area contributed by atoms with Crippen molar-refractivity contribution < 1.29 is 14.3 Å². The van der Waals surface area contributed by atoms with Crippen molar-refractivity contribution in [3.05, 3.63) is 71.8 Å². The second kappa shape index (κ2) is 8.73. The third-order valence-corrected chi connectivity index (χ3v) is 3.59. The Kier molecular flexibility index (Phi) is 6.36. The number of benzene rings is 2. The van der Waals surface area contributed by atoms with Crippen LogP contribution in [0.15, 0.2) is 60.7 Å². The van der Waals surface area contributed by atoms with E-state index in [9.17, 15) is 9.59 Å². The van der Waals surface area contributed by atoms with Gasteiger partial charge in [0.1, 0.15) is 6.04 Å². The van der Waals surface area contributed by atoms with Gasteiger partial charge in [-0.15, -0.1) is 0 Å². The van der Waals surface area contributed by atoms with Gasteiger partial charge in [0, 0.05) is 12.8 Å². The van der Waals surface area contributed by atoms with E-state index in [0.29, 0.717) is 19.3 Å². The minimum atomic E-state index is -0.661. The summed E-state index contributed by atoms with van der Waals surface area (Å²) in [7, 11) is 1.33. The molecule has 0 saturated carbocycles. The number of hydrogen-bond donors (Lipinski definition) is 1. The first-order valence-corrected chi connectivity index (χ1v) is 7.64. The van der Waals surface area contributed by atoms with Gasteiger partial charge in [0.15, 0.2) is 0 Å². The quantitative estimate of drug-likeness (QED) is 0.799. The van der Waals surface area contributed by atoms with Gasteiger partial charge in [0.2, 0.25) is 5.91 Å². The molecule has 120 valence electrons. The SMILES string of the molecule is COC(=O)[C@@H](Cc1ccccc1)NC(=O)CCc1ccccc1. The number of carbonyl (C=O) groups is 2. The number of ether oxygens (including phenoxy) is 1. The predicted molar refractivity (Wildman–Crippen MR) is 88.9 cm³/mol. The molecular formula is C19H21NO3. The van der Waals surface area contributed by atoms with Crippen molar-refractivity contribution in [2.24, 2.45) is 0 Å². The summed E-state index contributed by atoms with van der Waals surface area (Å²) in [6.45, 7) is 0. The Balaban J connectivity index is 1.91. The molecule has 2 aromatic rings. The number of amides is 1. The molecule has 0 heterocycles. The number of esters is 1. The van der Waals surface area contributed by atoms with Gasteiger partial charge in [-0.1, -0.05) is 60.7 Å². The first-order valence-electron chi connectivity index (χ1n) is 7.64. The second-order valence-electron chi connectivity index (χ2n) is 5.32. The molecular weight excluding hydrogens is 290 g/mol. The van der Waals surface area contributed by atoms with Gasteiger partial charge in [-0.05, 0) is 17.5 Å². The molecule has 0 bridgehead atoms. The van der Waals surface area contributed by atoms with E-state index in [2.05, 4.69) is 5.32 Å². The highest BCUT2D eigenvalue weighted by Gasteiger charge is 2.21. The van der Waals surface area contributed by atoms with Gasteiger partial charge in [-0.3, -0.25) is 4.79 Å². The van der Waals surface area contributed by atoms with E-state index in [1.807, 2.05) is 60.7 Å². The van der Waals surface area contributed by atoms with Gasteiger partial charge in [-0.25, -0.2) is 4.79 Å². The first-order chi connectivity index (χ1) is 11.2. The number of carbonyl (C=O) groups excluding carboxylic acids is 2. The number of aryl methyl sites for hydroxylation is 1. The zero-order chi connectivity index (χ0) is 16.5. The van der Waals surface area contributed by atoms with Gasteiger partial charge >= 0.3 is 5.97 Å². The third kappa shape index (κ3) is 5.58. The normalized spacial score (nSPS) is 11.5. The number of rotatable bonds is 7. The first kappa shape index (κ1) is 16.7. The Morgan fingerprint density at radius 1 is 0.957 bits per heavy atom. The fraction of sp³-hybridized carbons (Fsp3) is 0.263. The van der Waals surface area contributed by atoms with Crippen LogP contribution in [0.2, 0.25) is 0 Å². The number of hydrogen-bond acceptors (Lipinski definition) is 3. The lowest BCUT2D eigenvalue weighted by atomic mass is 10.1. The minimum Gasteiger partial charge on any atom is -0.467 e. The largest absolute Gasteiger partial charge is 0.467 e. The molecule has 4 nitrogen and oxygen atoms in total. The van der Waals surface area contributed by atoms with Crippen molar-refractivity contribution in [2.75, 3.05) is 7.11 Å². The van der Waals surface area contributed by atoms with E-state index in [1.165, 1.54) is 7.11 Å². The smallest absolute Gasteiger partial charge is 0.328 e. The lowest BCUT2D eigenvalue weighted by molar-refractivity contribution is -0.145. The predicted octanol–water partition coefficient (Wildman–Crippen LogP) is 2.52. The van der Waals surface area contributed by atoms with E-state index in [-0.39, 0.29) is 5.91 Å². The molecule has 0 aromatic heterocycles. The average Bonchev–Trinajstić information content (AvgIpc) is 2.60. The molecule has 0 fully saturated rings. The van der Waals surface area contributed by atoms with Gasteiger partial charge < -0.3 is 10.1 Å². The van der Waals surface area contributed by atoms with Crippen molar-refractivity contribution in [1.29, 1.82) is 0 Å². The van der Waals surface area contributed by atoms with Crippen LogP contribution in [0.4, 0.5) is 0 Å². The van der Waals surface area contributed by atoms with Crippen LogP contribution in [0.1, 0.15) is 17.5 Å². The van der Waals surface area contributed by atoms with Crippen LogP contribution in [0.3, 0.4) is 0 Å². The molecule has 0 aliphatic heterocycles. The number of methoxy groups -OCH3 is 1. The Morgan fingerprint density at radius 3 is 2.09 bits per heavy atom. The van der Waals surface area contributed by atoms with Crippen molar-refractivity contribution >= 4 is 11.9 Å². The van der Waals surface area contributed by atoms with E-state index in [4.69, 9.17) is 4.74 Å². The fourth-order valence-electron chi connectivity index (χ4n) is 2.35. The second-order valence-corrected chi connectivity index (χ2v) is 5.32. The lowest BCUT2D eigenvalue weighted by Crippen LogP contribution is -2.43. The molecule has 1 amide bonds. The lowest BCUT2D eigenvalue weighted by Gasteiger charge is -2.16. The van der Waals surface area contributed by atoms with Crippen molar-refractivity contribution in [3.63, 3.8) is 0 Å². The minimum absolute atomic E-state index is 0.153. The molecule has 2 aromatic carbocycles. The van der Waals surface area contributed by atoms with Crippen molar-refractivity contribution in [3.8, 4) is 0 Å². The van der Waals surface area contributed by atoms with Gasteiger partial charge in [0.25, 0.3) is 0 Å². The Labute approximate surface area is 136 Å². The molecule has 0 spiro atoms. The summed E-state index contributed by atoms with van der Waals surface area (Å²) in [5.41, 5.74) is 2.08. The van der Waals surface area contributed by atoms with E-state index in [0.717, 1.165) is 11.1 Å². The van der Waals surface area contributed by atoms with Crippen LogP contribution in [0.5, 0.6) is 0 Å². The van der Waals surface area contributed by atoms with Crippen LogP contribution < -0.4 is 5.32 Å². The molecule has 0 unspecified atom stereocenters. The molecule has 1 N–H and O–H groups in total. The maximum atomic E-state index is 12.1. The van der Waals surface area contributed by atoms with Crippen LogP contribution in [-0.4, -0.2) is 25.0 Å². The van der Waals surface area contributed by atoms with Crippen LogP contribution >= 0.6 is 0 Å². The van der Waals surface area contributed by atoms with E-state index in [1.54, 1.807) is 0 Å². The van der Waals surface area contributed by atoms with Crippen LogP contribution in [0, 0.1) is 0 Å². The Hall–Kier alpha value is -2.62. The Bertz CT molecular complexity index is 626. The highest BCUT2D eigenvalue weighted by atomic mass is 16.5. The summed E-state index contributed by atoms with van der Waals surface area (Å²) in [6, 6.07) is 18.7. The third-order valence-electron chi connectivity index (χ3n) is 3.59. The molecule has 0 aliphatic carbocycles. The van der Waals surface area contributed by atoms with Crippen LogP contribution in [0.25, 0.3) is 0 Å². The molecule has 4 heteroatoms. The summed E-state index contributed by atoms with van der Waals surface area (Å²) in [5, 5.41) is 2.77. The van der Waals surface area contributed by atoms with Crippen molar-refractivity contribution in [1.82, 2.24) is 5.32 Å². The molecule has 0 aliphatic rings. The molecule has 23 heavy (non-hydrogen) atoms. The summed E-state index contributed by atoms with van der Waals surface area (Å²) in [4.78, 5) is 24.0. The summed E-state index contributed by atoms with van der Waals surface area (Å²) in [6.07, 6.45) is 1.41. The van der Waals surface area contributed by atoms with Crippen LogP contribution in [-0.2, 0) is 27.2 Å². The molecule has 0 radical (unpaired) electrons.